The highest BCUT2D eigenvalue weighted by molar-refractivity contribution is 6.05. The molecule has 1 fully saturated rings. The molecule has 30 heavy (non-hydrogen) atoms. The molecule has 1 N–H and O–H groups in total. The number of rotatable bonds is 4. The number of fused-ring (bicyclic) bond motifs is 2. The van der Waals surface area contributed by atoms with Crippen molar-refractivity contribution >= 4 is 22.8 Å². The van der Waals surface area contributed by atoms with Crippen LogP contribution in [0.15, 0.2) is 24.3 Å². The highest BCUT2D eigenvalue weighted by atomic mass is 16.5. The Hall–Kier alpha value is -2.43. The normalized spacial score (nSPS) is 20.1. The van der Waals surface area contributed by atoms with E-state index in [0.29, 0.717) is 11.5 Å². The summed E-state index contributed by atoms with van der Waals surface area (Å²) in [4.78, 5) is 30.3. The molecular formula is C25H32N2O3. The Bertz CT molecular complexity index is 916. The monoisotopic (exact) mass is 408 g/mol. The number of nitrogens with one attached hydrogen (secondary N) is 1. The number of esters is 1. The van der Waals surface area contributed by atoms with Crippen molar-refractivity contribution in [3.8, 4) is 0 Å². The van der Waals surface area contributed by atoms with Gasteiger partial charge in [0.2, 0.25) is 0 Å². The van der Waals surface area contributed by atoms with Gasteiger partial charge in [-0.25, -0.2) is 4.79 Å². The van der Waals surface area contributed by atoms with E-state index in [1.165, 1.54) is 19.3 Å². The fourth-order valence-corrected chi connectivity index (χ4v) is 4.87. The average Bonchev–Trinajstić information content (AvgIpc) is 2.72. The van der Waals surface area contributed by atoms with Gasteiger partial charge >= 0.3 is 5.97 Å². The van der Waals surface area contributed by atoms with Crippen LogP contribution in [0.1, 0.15) is 79.9 Å². The van der Waals surface area contributed by atoms with Gasteiger partial charge in [0.05, 0.1) is 11.1 Å². The molecule has 1 atom stereocenters. The van der Waals surface area contributed by atoms with Crippen molar-refractivity contribution in [2.75, 3.05) is 6.61 Å². The molecule has 4 rings (SSSR count). The summed E-state index contributed by atoms with van der Waals surface area (Å²) < 4.78 is 5.52. The van der Waals surface area contributed by atoms with Crippen LogP contribution in [-0.4, -0.2) is 29.5 Å². The Morgan fingerprint density at radius 1 is 1.07 bits per heavy atom. The Kier molecular flexibility index (Phi) is 6.66. The molecule has 5 nitrogen and oxygen atoms in total. The number of aryl methyl sites for hydroxylation is 1. The first kappa shape index (κ1) is 20.8. The van der Waals surface area contributed by atoms with E-state index in [1.807, 2.05) is 24.3 Å². The van der Waals surface area contributed by atoms with E-state index in [9.17, 15) is 9.59 Å². The standard InChI is InChI=1S/C25H32N2O3/c1-17-13-14-22-20(15-17)24(19-11-7-8-12-21(19)27-22)25(29)30-16-23(28)26-18-9-5-3-2-4-6-10-18/h7-8,11-12,17-18H,2-6,9-10,13-16H2,1H3,(H,26,28). The fourth-order valence-electron chi connectivity index (χ4n) is 4.87. The summed E-state index contributed by atoms with van der Waals surface area (Å²) in [6.07, 6.45) is 10.9. The summed E-state index contributed by atoms with van der Waals surface area (Å²) in [5.41, 5.74) is 3.41. The highest BCUT2D eigenvalue weighted by Gasteiger charge is 2.26. The van der Waals surface area contributed by atoms with E-state index in [1.54, 1.807) is 0 Å². The van der Waals surface area contributed by atoms with E-state index in [-0.39, 0.29) is 18.6 Å². The molecule has 160 valence electrons. The van der Waals surface area contributed by atoms with Gasteiger partial charge in [-0.3, -0.25) is 9.78 Å². The third-order valence-electron chi connectivity index (χ3n) is 6.51. The van der Waals surface area contributed by atoms with Crippen LogP contribution in [0.4, 0.5) is 0 Å². The number of benzene rings is 1. The van der Waals surface area contributed by atoms with Crippen LogP contribution in [-0.2, 0) is 22.4 Å². The SMILES string of the molecule is CC1CCc2nc3ccccc3c(C(=O)OCC(=O)NC3CCCCCCC3)c2C1. The molecule has 1 aromatic heterocycles. The number of aromatic nitrogens is 1. The minimum absolute atomic E-state index is 0.200. The number of carbonyl (C=O) groups is 2. The number of carbonyl (C=O) groups excluding carboxylic acids is 2. The zero-order chi connectivity index (χ0) is 20.9. The molecule has 2 aromatic rings. The van der Waals surface area contributed by atoms with Gasteiger partial charge in [0.1, 0.15) is 0 Å². The Morgan fingerprint density at radius 3 is 2.60 bits per heavy atom. The summed E-state index contributed by atoms with van der Waals surface area (Å²) >= 11 is 0. The van der Waals surface area contributed by atoms with Crippen LogP contribution in [0.3, 0.4) is 0 Å². The third-order valence-corrected chi connectivity index (χ3v) is 6.51. The maximum Gasteiger partial charge on any atom is 0.339 e. The summed E-state index contributed by atoms with van der Waals surface area (Å²) in [5, 5.41) is 3.89. The summed E-state index contributed by atoms with van der Waals surface area (Å²) in [6, 6.07) is 7.91. The topological polar surface area (TPSA) is 68.3 Å². The summed E-state index contributed by atoms with van der Waals surface area (Å²) in [5.74, 6) is -0.101. The molecule has 1 aromatic carbocycles. The van der Waals surface area contributed by atoms with Gasteiger partial charge in [-0.2, -0.15) is 0 Å². The number of ether oxygens (including phenoxy) is 1. The van der Waals surface area contributed by atoms with Crippen LogP contribution in [0, 0.1) is 5.92 Å². The fraction of sp³-hybridized carbons (Fsp3) is 0.560. The number of nitrogens with zero attached hydrogens (tertiary/aromatic N) is 1. The van der Waals surface area contributed by atoms with Gasteiger partial charge in [-0.1, -0.05) is 57.2 Å². The van der Waals surface area contributed by atoms with Crippen LogP contribution in [0.2, 0.25) is 0 Å². The lowest BCUT2D eigenvalue weighted by Gasteiger charge is -2.24. The van der Waals surface area contributed by atoms with Gasteiger partial charge in [-0.15, -0.1) is 0 Å². The third kappa shape index (κ3) is 4.82. The zero-order valence-corrected chi connectivity index (χ0v) is 17.9. The minimum Gasteiger partial charge on any atom is -0.452 e. The number of pyridine rings is 1. The van der Waals surface area contributed by atoms with Crippen molar-refractivity contribution in [1.29, 1.82) is 0 Å². The van der Waals surface area contributed by atoms with Crippen molar-refractivity contribution in [3.63, 3.8) is 0 Å². The second-order valence-electron chi connectivity index (χ2n) is 8.96. The molecule has 2 aliphatic rings. The van der Waals surface area contributed by atoms with Gasteiger partial charge in [0.25, 0.3) is 5.91 Å². The van der Waals surface area contributed by atoms with E-state index in [2.05, 4.69) is 12.2 Å². The molecule has 1 amide bonds. The molecule has 0 saturated heterocycles. The first-order chi connectivity index (χ1) is 14.6. The molecule has 0 spiro atoms. The number of para-hydroxylation sites is 1. The molecule has 1 saturated carbocycles. The van der Waals surface area contributed by atoms with Crippen molar-refractivity contribution in [1.82, 2.24) is 10.3 Å². The first-order valence-corrected chi connectivity index (χ1v) is 11.5. The number of amides is 1. The second kappa shape index (κ2) is 9.59. The van der Waals surface area contributed by atoms with Gasteiger partial charge in [0.15, 0.2) is 6.61 Å². The lowest BCUT2D eigenvalue weighted by Crippen LogP contribution is -2.38. The predicted molar refractivity (Wildman–Crippen MR) is 117 cm³/mol. The lowest BCUT2D eigenvalue weighted by molar-refractivity contribution is -0.125. The van der Waals surface area contributed by atoms with Crippen molar-refractivity contribution in [2.24, 2.45) is 5.92 Å². The van der Waals surface area contributed by atoms with Crippen LogP contribution >= 0.6 is 0 Å². The number of hydrogen-bond donors (Lipinski definition) is 1. The smallest absolute Gasteiger partial charge is 0.339 e. The average molecular weight is 409 g/mol. The van der Waals surface area contributed by atoms with E-state index >= 15 is 0 Å². The van der Waals surface area contributed by atoms with E-state index in [4.69, 9.17) is 9.72 Å². The molecule has 0 radical (unpaired) electrons. The second-order valence-corrected chi connectivity index (χ2v) is 8.96. The van der Waals surface area contributed by atoms with E-state index < -0.39 is 5.97 Å². The Balaban J connectivity index is 1.48. The minimum atomic E-state index is -0.410. The largest absolute Gasteiger partial charge is 0.452 e. The lowest BCUT2D eigenvalue weighted by atomic mass is 9.84. The molecular weight excluding hydrogens is 376 g/mol. The van der Waals surface area contributed by atoms with Crippen molar-refractivity contribution < 1.29 is 14.3 Å². The summed E-state index contributed by atoms with van der Waals surface area (Å²) in [7, 11) is 0. The van der Waals surface area contributed by atoms with Gasteiger partial charge < -0.3 is 10.1 Å². The van der Waals surface area contributed by atoms with Crippen molar-refractivity contribution in [2.45, 2.75) is 77.2 Å². The van der Waals surface area contributed by atoms with Crippen LogP contribution in [0.5, 0.6) is 0 Å². The summed E-state index contributed by atoms with van der Waals surface area (Å²) in [6.45, 7) is 1.98. The molecule has 1 unspecified atom stereocenters. The van der Waals surface area contributed by atoms with Crippen molar-refractivity contribution in [3.05, 3.63) is 41.1 Å². The number of hydrogen-bond acceptors (Lipinski definition) is 4. The van der Waals surface area contributed by atoms with E-state index in [0.717, 1.165) is 67.1 Å². The highest BCUT2D eigenvalue weighted by Crippen LogP contribution is 2.32. The van der Waals surface area contributed by atoms with Crippen LogP contribution < -0.4 is 5.32 Å². The molecule has 1 heterocycles. The quantitative estimate of drug-likeness (QED) is 0.742. The molecule has 0 aliphatic heterocycles. The van der Waals surface area contributed by atoms with Crippen LogP contribution in [0.25, 0.3) is 10.9 Å². The maximum absolute atomic E-state index is 13.1. The molecule has 5 heteroatoms. The van der Waals surface area contributed by atoms with Gasteiger partial charge in [-0.05, 0) is 49.7 Å². The first-order valence-electron chi connectivity index (χ1n) is 11.5. The maximum atomic E-state index is 13.1. The molecule has 0 bridgehead atoms. The zero-order valence-electron chi connectivity index (χ0n) is 17.9. The van der Waals surface area contributed by atoms with Gasteiger partial charge in [0, 0.05) is 17.1 Å². The predicted octanol–water partition coefficient (Wildman–Crippen LogP) is 4.75. The molecule has 2 aliphatic carbocycles. The Morgan fingerprint density at radius 2 is 1.80 bits per heavy atom. The Labute approximate surface area is 178 Å².